The summed E-state index contributed by atoms with van der Waals surface area (Å²) in [4.78, 5) is 26.4. The van der Waals surface area contributed by atoms with Crippen molar-refractivity contribution in [2.45, 2.75) is 6.92 Å². The number of carbonyl (C=O) groups excluding carboxylic acids is 1. The van der Waals surface area contributed by atoms with E-state index in [1.54, 1.807) is 18.2 Å². The van der Waals surface area contributed by atoms with Gasteiger partial charge in [-0.1, -0.05) is 0 Å². The lowest BCUT2D eigenvalue weighted by Crippen LogP contribution is -2.44. The monoisotopic (exact) mass is 543 g/mol. The number of aromatic nitrogens is 3. The topological polar surface area (TPSA) is 96.3 Å². The number of aryl methyl sites for hydroxylation is 1. The molecular weight excluding hydrogens is 506 g/mol. The largest absolute Gasteiger partial charge is 0.497 e. The number of hydrogen-bond acceptors (Lipinski definition) is 8. The minimum atomic E-state index is -0.0210. The van der Waals surface area contributed by atoms with Crippen LogP contribution >= 0.6 is 0 Å². The normalized spacial score (nSPS) is 13.9. The van der Waals surface area contributed by atoms with Crippen molar-refractivity contribution < 1.29 is 14.3 Å². The zero-order chi connectivity index (χ0) is 27.9. The Morgan fingerprint density at radius 2 is 1.90 bits per heavy atom. The molecule has 0 radical (unpaired) electrons. The number of benzene rings is 2. The molecule has 1 fully saturated rings. The van der Waals surface area contributed by atoms with Gasteiger partial charge in [0.1, 0.15) is 5.75 Å². The van der Waals surface area contributed by atoms with Crippen molar-refractivity contribution in [2.24, 2.45) is 0 Å². The highest BCUT2D eigenvalue weighted by Crippen LogP contribution is 2.27. The molecule has 1 saturated heterocycles. The molecule has 2 N–H and O–H groups in total. The molecule has 0 unspecified atom stereocenters. The van der Waals surface area contributed by atoms with Crippen LogP contribution in [0.4, 0.5) is 11.5 Å². The van der Waals surface area contributed by atoms with Gasteiger partial charge in [-0.2, -0.15) is 0 Å². The molecule has 3 heterocycles. The third-order valence-electron chi connectivity index (χ3n) is 7.21. The number of fused-ring (bicyclic) bond motifs is 1. The van der Waals surface area contributed by atoms with Crippen molar-refractivity contribution in [3.05, 3.63) is 72.2 Å². The molecule has 4 aromatic rings. The van der Waals surface area contributed by atoms with E-state index in [-0.39, 0.29) is 5.91 Å². The predicted molar refractivity (Wildman–Crippen MR) is 157 cm³/mol. The Bertz CT molecular complexity index is 1430. The fourth-order valence-corrected chi connectivity index (χ4v) is 4.84. The zero-order valence-corrected chi connectivity index (χ0v) is 23.4. The van der Waals surface area contributed by atoms with E-state index < -0.39 is 0 Å². The van der Waals surface area contributed by atoms with Crippen LogP contribution in [0.5, 0.6) is 5.75 Å². The van der Waals surface area contributed by atoms with E-state index in [4.69, 9.17) is 9.47 Å². The van der Waals surface area contributed by atoms with Gasteiger partial charge in [0.15, 0.2) is 11.5 Å². The number of hydrogen-bond donors (Lipinski definition) is 2. The van der Waals surface area contributed by atoms with Gasteiger partial charge in [0.05, 0.1) is 32.2 Å². The molecule has 210 valence electrons. The van der Waals surface area contributed by atoms with Crippen LogP contribution in [0.1, 0.15) is 15.9 Å². The Balaban J connectivity index is 1.19. The number of amides is 1. The first kappa shape index (κ1) is 27.6. The van der Waals surface area contributed by atoms with Gasteiger partial charge in [0.2, 0.25) is 0 Å². The van der Waals surface area contributed by atoms with Crippen LogP contribution in [0.3, 0.4) is 0 Å². The van der Waals surface area contributed by atoms with Crippen molar-refractivity contribution in [3.63, 3.8) is 0 Å². The van der Waals surface area contributed by atoms with Gasteiger partial charge in [-0.15, -0.1) is 0 Å². The average Bonchev–Trinajstić information content (AvgIpc) is 3.42. The second kappa shape index (κ2) is 12.9. The molecule has 0 atom stereocenters. The highest BCUT2D eigenvalue weighted by atomic mass is 16.5. The van der Waals surface area contributed by atoms with Crippen molar-refractivity contribution >= 4 is 23.1 Å². The number of piperazine rings is 1. The third kappa shape index (κ3) is 6.41. The number of rotatable bonds is 11. The summed E-state index contributed by atoms with van der Waals surface area (Å²) in [5, 5.41) is 6.73. The van der Waals surface area contributed by atoms with E-state index in [1.165, 1.54) is 0 Å². The second-order valence-corrected chi connectivity index (χ2v) is 9.93. The molecule has 1 aliphatic rings. The van der Waals surface area contributed by atoms with Crippen LogP contribution in [-0.2, 0) is 4.74 Å². The number of carbonyl (C=O) groups is 1. The fraction of sp³-hybridized carbons (Fsp3) is 0.367. The average molecular weight is 544 g/mol. The first-order chi connectivity index (χ1) is 19.5. The quantitative estimate of drug-likeness (QED) is 0.278. The summed E-state index contributed by atoms with van der Waals surface area (Å²) in [6.45, 7) is 8.80. The Morgan fingerprint density at radius 3 is 2.65 bits per heavy atom. The van der Waals surface area contributed by atoms with E-state index in [1.807, 2.05) is 73.2 Å². The van der Waals surface area contributed by atoms with Crippen LogP contribution < -0.4 is 15.4 Å². The van der Waals surface area contributed by atoms with Crippen LogP contribution in [-0.4, -0.2) is 96.7 Å². The molecule has 0 saturated carbocycles. The first-order valence-corrected chi connectivity index (χ1v) is 13.6. The summed E-state index contributed by atoms with van der Waals surface area (Å²) in [6.07, 6.45) is 5.47. The molecule has 0 spiro atoms. The maximum absolute atomic E-state index is 13.1. The summed E-state index contributed by atoms with van der Waals surface area (Å²) in [7, 11) is 3.47. The summed E-state index contributed by atoms with van der Waals surface area (Å²) < 4.78 is 13.1. The minimum absolute atomic E-state index is 0.0210. The summed E-state index contributed by atoms with van der Waals surface area (Å²) in [6, 6.07) is 13.6. The third-order valence-corrected chi connectivity index (χ3v) is 7.21. The molecule has 0 bridgehead atoms. The summed E-state index contributed by atoms with van der Waals surface area (Å²) >= 11 is 0. The molecule has 2 aromatic heterocycles. The Hall–Kier alpha value is -3.99. The van der Waals surface area contributed by atoms with E-state index in [0.717, 1.165) is 61.0 Å². The number of methoxy groups -OCH3 is 1. The number of anilines is 2. The first-order valence-electron chi connectivity index (χ1n) is 13.6. The van der Waals surface area contributed by atoms with Gasteiger partial charge in [0.25, 0.3) is 5.91 Å². The Labute approximate surface area is 234 Å². The van der Waals surface area contributed by atoms with Gasteiger partial charge in [-0.25, -0.2) is 9.97 Å². The van der Waals surface area contributed by atoms with E-state index in [2.05, 4.69) is 25.5 Å². The minimum Gasteiger partial charge on any atom is -0.497 e. The van der Waals surface area contributed by atoms with E-state index in [0.29, 0.717) is 36.8 Å². The van der Waals surface area contributed by atoms with Gasteiger partial charge >= 0.3 is 0 Å². The molecule has 2 aromatic carbocycles. The van der Waals surface area contributed by atoms with Crippen LogP contribution in [0.2, 0.25) is 0 Å². The molecule has 0 aliphatic carbocycles. The lowest BCUT2D eigenvalue weighted by Gasteiger charge is -2.27. The molecule has 10 nitrogen and oxygen atoms in total. The standard InChI is InChI=1S/C30H37N7O3/c1-22-20-24(6-9-26(22)30(38)35(2)16-18-40-19-17-36-13-10-31-11-14-36)34-28-29-33-21-27(37(29)15-12-32-28)23-4-7-25(39-3)8-5-23/h4-9,12,15,20-21,31H,10-11,13-14,16-19H2,1-3H3,(H,32,34). The molecule has 40 heavy (non-hydrogen) atoms. The second-order valence-electron chi connectivity index (χ2n) is 9.93. The highest BCUT2D eigenvalue weighted by molar-refractivity contribution is 5.96. The maximum Gasteiger partial charge on any atom is 0.253 e. The maximum atomic E-state index is 13.1. The van der Waals surface area contributed by atoms with Crippen molar-refractivity contribution in [1.82, 2.24) is 29.5 Å². The summed E-state index contributed by atoms with van der Waals surface area (Å²) in [5.41, 5.74) is 5.08. The van der Waals surface area contributed by atoms with Gasteiger partial charge in [0, 0.05) is 75.5 Å². The van der Waals surface area contributed by atoms with E-state index >= 15 is 0 Å². The molecule has 1 amide bonds. The van der Waals surface area contributed by atoms with Crippen LogP contribution in [0.25, 0.3) is 16.9 Å². The number of nitrogens with one attached hydrogen (secondary N) is 2. The zero-order valence-electron chi connectivity index (χ0n) is 23.4. The smallest absolute Gasteiger partial charge is 0.253 e. The predicted octanol–water partition coefficient (Wildman–Crippen LogP) is 3.45. The molecule has 1 aliphatic heterocycles. The van der Waals surface area contributed by atoms with Crippen molar-refractivity contribution in [2.75, 3.05) is 72.0 Å². The molecular formula is C30H37N7O3. The van der Waals surface area contributed by atoms with Gasteiger partial charge < -0.3 is 25.0 Å². The Morgan fingerprint density at radius 1 is 1.10 bits per heavy atom. The van der Waals surface area contributed by atoms with Gasteiger partial charge in [-0.3, -0.25) is 14.1 Å². The number of likely N-dealkylation sites (N-methyl/N-ethyl adjacent to an activating group) is 1. The van der Waals surface area contributed by atoms with Crippen LogP contribution in [0, 0.1) is 6.92 Å². The van der Waals surface area contributed by atoms with E-state index in [9.17, 15) is 4.79 Å². The SMILES string of the molecule is COc1ccc(-c2cnc3c(Nc4ccc(C(=O)N(C)CCOCCN5CCNCC5)c(C)c4)nccn23)cc1. The van der Waals surface area contributed by atoms with Crippen LogP contribution in [0.15, 0.2) is 61.1 Å². The lowest BCUT2D eigenvalue weighted by atomic mass is 10.1. The lowest BCUT2D eigenvalue weighted by molar-refractivity contribution is 0.0642. The number of imidazole rings is 1. The Kier molecular flexibility index (Phi) is 8.90. The molecule has 5 rings (SSSR count). The molecule has 10 heteroatoms. The van der Waals surface area contributed by atoms with Gasteiger partial charge in [-0.05, 0) is 55.0 Å². The fourth-order valence-electron chi connectivity index (χ4n) is 4.84. The van der Waals surface area contributed by atoms with Crippen molar-refractivity contribution in [3.8, 4) is 17.0 Å². The summed E-state index contributed by atoms with van der Waals surface area (Å²) in [5.74, 6) is 1.42. The van der Waals surface area contributed by atoms with Crippen molar-refractivity contribution in [1.29, 1.82) is 0 Å². The number of nitrogens with zero attached hydrogens (tertiary/aromatic N) is 5. The number of ether oxygens (including phenoxy) is 2. The highest BCUT2D eigenvalue weighted by Gasteiger charge is 2.16.